The van der Waals surface area contributed by atoms with Gasteiger partial charge in [0.25, 0.3) is 5.91 Å². The number of nitrogens with one attached hydrogen (secondary N) is 2. The molecule has 0 atom stereocenters. The van der Waals surface area contributed by atoms with Crippen LogP contribution in [-0.4, -0.2) is 20.6 Å². The van der Waals surface area contributed by atoms with Crippen LogP contribution in [0.4, 0.5) is 11.4 Å². The summed E-state index contributed by atoms with van der Waals surface area (Å²) in [5.41, 5.74) is 1.10. The lowest BCUT2D eigenvalue weighted by Crippen LogP contribution is -2.16. The van der Waals surface area contributed by atoms with Gasteiger partial charge in [0.15, 0.2) is 0 Å². The van der Waals surface area contributed by atoms with Crippen LogP contribution in [0.3, 0.4) is 0 Å². The van der Waals surface area contributed by atoms with Crippen molar-refractivity contribution >= 4 is 27.3 Å². The van der Waals surface area contributed by atoms with E-state index in [4.69, 9.17) is 4.74 Å². The molecule has 0 aliphatic rings. The van der Waals surface area contributed by atoms with Crippen molar-refractivity contribution < 1.29 is 17.9 Å². The van der Waals surface area contributed by atoms with Gasteiger partial charge in [-0.3, -0.25) is 9.52 Å². The van der Waals surface area contributed by atoms with Gasteiger partial charge in [-0.05, 0) is 48.5 Å². The van der Waals surface area contributed by atoms with E-state index < -0.39 is 10.0 Å². The molecule has 6 nitrogen and oxygen atoms in total. The van der Waals surface area contributed by atoms with Crippen molar-refractivity contribution in [3.8, 4) is 11.5 Å². The highest BCUT2D eigenvalue weighted by Gasteiger charge is 2.11. The fourth-order valence-corrected chi connectivity index (χ4v) is 2.95. The Hall–Kier alpha value is -3.32. The third kappa shape index (κ3) is 5.32. The van der Waals surface area contributed by atoms with Crippen LogP contribution in [0.5, 0.6) is 11.5 Å². The Morgan fingerprint density at radius 3 is 1.96 bits per heavy atom. The van der Waals surface area contributed by atoms with Gasteiger partial charge in [0.05, 0.1) is 17.6 Å². The number of anilines is 2. The summed E-state index contributed by atoms with van der Waals surface area (Å²) in [6.45, 7) is 0. The largest absolute Gasteiger partial charge is 0.457 e. The molecular formula is C20H18N2O4S. The number of amides is 1. The second-order valence-corrected chi connectivity index (χ2v) is 7.56. The molecule has 0 bridgehead atoms. The van der Waals surface area contributed by atoms with E-state index in [1.54, 1.807) is 48.5 Å². The quantitative estimate of drug-likeness (QED) is 0.672. The summed E-state index contributed by atoms with van der Waals surface area (Å²) in [7, 11) is -3.45. The van der Waals surface area contributed by atoms with Crippen molar-refractivity contribution in [1.29, 1.82) is 0 Å². The first kappa shape index (κ1) is 18.5. The third-order valence-corrected chi connectivity index (χ3v) is 4.16. The molecule has 0 saturated carbocycles. The lowest BCUT2D eigenvalue weighted by Gasteiger charge is -2.12. The molecule has 0 radical (unpaired) electrons. The van der Waals surface area contributed by atoms with Crippen molar-refractivity contribution in [2.75, 3.05) is 16.3 Å². The predicted octanol–water partition coefficient (Wildman–Crippen LogP) is 4.10. The number of benzene rings is 3. The Kier molecular flexibility index (Phi) is 5.42. The fourth-order valence-electron chi connectivity index (χ4n) is 2.37. The highest BCUT2D eigenvalue weighted by atomic mass is 32.2. The van der Waals surface area contributed by atoms with Gasteiger partial charge in [0.1, 0.15) is 11.5 Å². The normalized spacial score (nSPS) is 10.9. The van der Waals surface area contributed by atoms with Gasteiger partial charge < -0.3 is 10.1 Å². The van der Waals surface area contributed by atoms with E-state index in [1.165, 1.54) is 0 Å². The minimum absolute atomic E-state index is 0.303. The first-order valence-electron chi connectivity index (χ1n) is 8.12. The number of sulfonamides is 1. The fraction of sp³-hybridized carbons (Fsp3) is 0.0500. The van der Waals surface area contributed by atoms with Crippen molar-refractivity contribution in [3.05, 3.63) is 84.4 Å². The second kappa shape index (κ2) is 7.92. The summed E-state index contributed by atoms with van der Waals surface area (Å²) in [5.74, 6) is 0.955. The molecule has 0 heterocycles. The van der Waals surface area contributed by atoms with Gasteiger partial charge in [0.2, 0.25) is 10.0 Å². The van der Waals surface area contributed by atoms with Crippen molar-refractivity contribution in [2.45, 2.75) is 0 Å². The topological polar surface area (TPSA) is 84.5 Å². The Labute approximate surface area is 157 Å². The summed E-state index contributed by atoms with van der Waals surface area (Å²) in [5, 5.41) is 2.71. The van der Waals surface area contributed by atoms with Gasteiger partial charge in [-0.15, -0.1) is 0 Å². The lowest BCUT2D eigenvalue weighted by molar-refractivity contribution is 0.102. The smallest absolute Gasteiger partial charge is 0.255 e. The number of rotatable bonds is 6. The van der Waals surface area contributed by atoms with Crippen LogP contribution in [0, 0.1) is 0 Å². The maximum atomic E-state index is 12.5. The van der Waals surface area contributed by atoms with Gasteiger partial charge >= 0.3 is 0 Å². The first-order valence-corrected chi connectivity index (χ1v) is 10.0. The van der Waals surface area contributed by atoms with Crippen molar-refractivity contribution in [1.82, 2.24) is 0 Å². The minimum atomic E-state index is -3.45. The maximum absolute atomic E-state index is 12.5. The van der Waals surface area contributed by atoms with Crippen LogP contribution >= 0.6 is 0 Å². The average molecular weight is 382 g/mol. The Morgan fingerprint density at radius 1 is 0.778 bits per heavy atom. The summed E-state index contributed by atoms with van der Waals surface area (Å²) in [6, 6.07) is 22.6. The molecule has 0 aromatic heterocycles. The molecule has 27 heavy (non-hydrogen) atoms. The van der Waals surface area contributed by atoms with Crippen LogP contribution in [0.2, 0.25) is 0 Å². The zero-order chi connectivity index (χ0) is 19.3. The van der Waals surface area contributed by atoms with E-state index in [1.807, 2.05) is 30.3 Å². The molecule has 0 saturated heterocycles. The third-order valence-electron chi connectivity index (χ3n) is 3.57. The van der Waals surface area contributed by atoms with Gasteiger partial charge in [-0.1, -0.05) is 30.3 Å². The molecule has 7 heteroatoms. The first-order chi connectivity index (χ1) is 12.9. The molecule has 3 rings (SSSR count). The van der Waals surface area contributed by atoms with Crippen LogP contribution in [-0.2, 0) is 10.0 Å². The van der Waals surface area contributed by atoms with Gasteiger partial charge in [-0.2, -0.15) is 0 Å². The van der Waals surface area contributed by atoms with Gasteiger partial charge in [0, 0.05) is 5.56 Å². The Morgan fingerprint density at radius 2 is 1.33 bits per heavy atom. The van der Waals surface area contributed by atoms with E-state index in [2.05, 4.69) is 10.0 Å². The van der Waals surface area contributed by atoms with Crippen LogP contribution in [0.15, 0.2) is 78.9 Å². The Balaban J connectivity index is 1.72. The summed E-state index contributed by atoms with van der Waals surface area (Å²) < 4.78 is 31.0. The zero-order valence-electron chi connectivity index (χ0n) is 14.5. The number of hydrogen-bond acceptors (Lipinski definition) is 4. The predicted molar refractivity (Wildman–Crippen MR) is 106 cm³/mol. The van der Waals surface area contributed by atoms with E-state index >= 15 is 0 Å². The molecule has 138 valence electrons. The van der Waals surface area contributed by atoms with E-state index in [0.29, 0.717) is 28.4 Å². The second-order valence-electron chi connectivity index (χ2n) is 5.81. The molecule has 0 fully saturated rings. The molecule has 1 amide bonds. The molecule has 2 N–H and O–H groups in total. The number of hydrogen-bond donors (Lipinski definition) is 2. The summed E-state index contributed by atoms with van der Waals surface area (Å²) in [6.07, 6.45) is 1.05. The lowest BCUT2D eigenvalue weighted by atomic mass is 10.2. The molecule has 3 aromatic rings. The van der Waals surface area contributed by atoms with E-state index in [0.717, 1.165) is 6.26 Å². The highest BCUT2D eigenvalue weighted by Crippen LogP contribution is 2.24. The highest BCUT2D eigenvalue weighted by molar-refractivity contribution is 7.92. The van der Waals surface area contributed by atoms with Gasteiger partial charge in [-0.25, -0.2) is 8.42 Å². The van der Waals surface area contributed by atoms with Crippen LogP contribution < -0.4 is 14.8 Å². The standard InChI is InChI=1S/C20H18N2O4S/c1-27(24,25)22-19-10-6-5-9-18(19)21-20(23)15-11-13-17(14-12-15)26-16-7-3-2-4-8-16/h2-14,22H,1H3,(H,21,23). The van der Waals surface area contributed by atoms with Crippen molar-refractivity contribution in [3.63, 3.8) is 0 Å². The van der Waals surface area contributed by atoms with E-state index in [-0.39, 0.29) is 5.91 Å². The zero-order valence-corrected chi connectivity index (χ0v) is 15.4. The molecular weight excluding hydrogens is 364 g/mol. The summed E-state index contributed by atoms with van der Waals surface area (Å²) in [4.78, 5) is 12.5. The number of ether oxygens (including phenoxy) is 1. The average Bonchev–Trinajstić information content (AvgIpc) is 2.63. The van der Waals surface area contributed by atoms with Crippen LogP contribution in [0.25, 0.3) is 0 Å². The molecule has 3 aromatic carbocycles. The minimum Gasteiger partial charge on any atom is -0.457 e. The molecule has 0 unspecified atom stereocenters. The van der Waals surface area contributed by atoms with E-state index in [9.17, 15) is 13.2 Å². The summed E-state index contributed by atoms with van der Waals surface area (Å²) >= 11 is 0. The Bertz CT molecular complexity index is 1030. The van der Waals surface area contributed by atoms with Crippen LogP contribution in [0.1, 0.15) is 10.4 Å². The number of carbonyl (C=O) groups is 1. The van der Waals surface area contributed by atoms with Crippen molar-refractivity contribution in [2.24, 2.45) is 0 Å². The monoisotopic (exact) mass is 382 g/mol. The molecule has 0 spiro atoms. The molecule has 0 aliphatic heterocycles. The SMILES string of the molecule is CS(=O)(=O)Nc1ccccc1NC(=O)c1ccc(Oc2ccccc2)cc1. The number of para-hydroxylation sites is 3. The maximum Gasteiger partial charge on any atom is 0.255 e. The molecule has 0 aliphatic carbocycles. The number of carbonyl (C=O) groups excluding carboxylic acids is 1.